The molecule has 3 rings (SSSR count). The van der Waals surface area contributed by atoms with Crippen molar-refractivity contribution in [1.29, 1.82) is 0 Å². The zero-order valence-corrected chi connectivity index (χ0v) is 22.1. The topological polar surface area (TPSA) is 136 Å². The SMILES string of the molecule is C=CCCCN(C[C@H](C(=O)OC(C)(C)C)C(=O)N1C[C@H](O)C[C@H]1C(=O)NC1(C(=O)O)CC1C=C)C1CC1. The number of β-amino-alcohol motifs (C(OH)–C–C–N with tert-alkyl or cyclic N) is 1. The van der Waals surface area contributed by atoms with Crippen LogP contribution in [0, 0.1) is 11.8 Å². The second-order valence-corrected chi connectivity index (χ2v) is 11.5. The molecule has 2 aliphatic carbocycles. The highest BCUT2D eigenvalue weighted by Gasteiger charge is 2.61. The van der Waals surface area contributed by atoms with Gasteiger partial charge in [0.25, 0.3) is 0 Å². The van der Waals surface area contributed by atoms with Crippen molar-refractivity contribution in [3.05, 3.63) is 25.3 Å². The van der Waals surface area contributed by atoms with Crippen molar-refractivity contribution in [2.24, 2.45) is 11.8 Å². The maximum atomic E-state index is 13.8. The summed E-state index contributed by atoms with van der Waals surface area (Å²) >= 11 is 0. The number of carboxylic acids is 1. The average molecular weight is 520 g/mol. The summed E-state index contributed by atoms with van der Waals surface area (Å²) in [7, 11) is 0. The molecule has 0 bridgehead atoms. The zero-order chi connectivity index (χ0) is 27.5. The highest BCUT2D eigenvalue weighted by atomic mass is 16.6. The molecule has 3 N–H and O–H groups in total. The standard InChI is InChI=1S/C27H41N3O7/c1-6-8-9-12-29(18-10-11-18)16-20(24(34)37-26(3,4)5)23(33)30-15-19(31)13-21(30)22(32)28-27(25(35)36)14-17(27)7-2/h6-7,17-21,31H,1-2,8-16H2,3-5H3,(H,28,32)(H,35,36)/t17?,19-,20+,21+,27?/m1/s1. The molecule has 0 aromatic carbocycles. The van der Waals surface area contributed by atoms with Crippen LogP contribution in [0.4, 0.5) is 0 Å². The zero-order valence-electron chi connectivity index (χ0n) is 22.1. The molecule has 206 valence electrons. The molecule has 2 amide bonds. The number of amides is 2. The number of rotatable bonds is 13. The highest BCUT2D eigenvalue weighted by Crippen LogP contribution is 2.45. The largest absolute Gasteiger partial charge is 0.479 e. The van der Waals surface area contributed by atoms with E-state index >= 15 is 0 Å². The molecular formula is C27H41N3O7. The summed E-state index contributed by atoms with van der Waals surface area (Å²) in [5.41, 5.74) is -2.27. The van der Waals surface area contributed by atoms with E-state index in [-0.39, 0.29) is 32.0 Å². The Morgan fingerprint density at radius 2 is 1.92 bits per heavy atom. The number of likely N-dealkylation sites (tertiary alicyclic amines) is 1. The number of hydrogen-bond donors (Lipinski definition) is 3. The Hall–Kier alpha value is -2.72. The van der Waals surface area contributed by atoms with E-state index in [9.17, 15) is 29.4 Å². The minimum atomic E-state index is -1.46. The van der Waals surface area contributed by atoms with Crippen molar-refractivity contribution in [2.75, 3.05) is 19.6 Å². The Balaban J connectivity index is 1.81. The molecule has 10 heteroatoms. The molecule has 0 radical (unpaired) electrons. The first-order valence-electron chi connectivity index (χ1n) is 13.1. The number of hydrogen-bond acceptors (Lipinski definition) is 7. The van der Waals surface area contributed by atoms with Crippen LogP contribution in [0.5, 0.6) is 0 Å². The first kappa shape index (κ1) is 28.8. The fraction of sp³-hybridized carbons (Fsp3) is 0.704. The van der Waals surface area contributed by atoms with Crippen LogP contribution in [-0.2, 0) is 23.9 Å². The van der Waals surface area contributed by atoms with E-state index < -0.39 is 58.9 Å². The van der Waals surface area contributed by atoms with Gasteiger partial charge in [-0.1, -0.05) is 12.2 Å². The Morgan fingerprint density at radius 1 is 1.24 bits per heavy atom. The van der Waals surface area contributed by atoms with Crippen molar-refractivity contribution in [3.63, 3.8) is 0 Å². The van der Waals surface area contributed by atoms with E-state index in [1.165, 1.54) is 11.0 Å². The molecule has 1 heterocycles. The van der Waals surface area contributed by atoms with E-state index in [1.807, 2.05) is 6.08 Å². The third-order valence-electron chi connectivity index (χ3n) is 7.22. The van der Waals surface area contributed by atoms with E-state index in [2.05, 4.69) is 23.4 Å². The summed E-state index contributed by atoms with van der Waals surface area (Å²) in [5, 5.41) is 22.6. The highest BCUT2D eigenvalue weighted by molar-refractivity contribution is 6.01. The monoisotopic (exact) mass is 519 g/mol. The number of allylic oxidation sites excluding steroid dienone is 1. The summed E-state index contributed by atoms with van der Waals surface area (Å²) in [5.74, 6) is -4.71. The molecular weight excluding hydrogens is 478 g/mol. The second kappa shape index (κ2) is 11.3. The van der Waals surface area contributed by atoms with Gasteiger partial charge < -0.3 is 25.2 Å². The Kier molecular flexibility index (Phi) is 8.85. The summed E-state index contributed by atoms with van der Waals surface area (Å²) in [6, 6.07) is -0.809. The smallest absolute Gasteiger partial charge is 0.330 e. The fourth-order valence-electron chi connectivity index (χ4n) is 4.99. The summed E-state index contributed by atoms with van der Waals surface area (Å²) in [6.45, 7) is 13.3. The molecule has 0 spiro atoms. The maximum absolute atomic E-state index is 13.8. The number of nitrogens with zero attached hydrogens (tertiary/aromatic N) is 2. The summed E-state index contributed by atoms with van der Waals surface area (Å²) in [6.07, 6.45) is 6.13. The molecule has 0 aromatic rings. The van der Waals surface area contributed by atoms with Gasteiger partial charge in [0.15, 0.2) is 0 Å². The van der Waals surface area contributed by atoms with Crippen LogP contribution in [0.3, 0.4) is 0 Å². The van der Waals surface area contributed by atoms with Crippen LogP contribution >= 0.6 is 0 Å². The lowest BCUT2D eigenvalue weighted by Gasteiger charge is -2.32. The van der Waals surface area contributed by atoms with Gasteiger partial charge in [0, 0.05) is 31.5 Å². The van der Waals surface area contributed by atoms with Crippen molar-refractivity contribution < 1.29 is 34.1 Å². The number of esters is 1. The number of carbonyl (C=O) groups is 4. The summed E-state index contributed by atoms with van der Waals surface area (Å²) < 4.78 is 5.60. The lowest BCUT2D eigenvalue weighted by atomic mass is 10.0. The molecule has 3 aliphatic rings. The van der Waals surface area contributed by atoms with Crippen LogP contribution in [0.25, 0.3) is 0 Å². The number of carboxylic acid groups (broad SMARTS) is 1. The van der Waals surface area contributed by atoms with Gasteiger partial charge in [-0.05, 0) is 59.4 Å². The number of aliphatic carboxylic acids is 1. The first-order chi connectivity index (χ1) is 17.3. The van der Waals surface area contributed by atoms with Crippen LogP contribution in [0.2, 0.25) is 0 Å². The number of ether oxygens (including phenoxy) is 1. The lowest BCUT2D eigenvalue weighted by molar-refractivity contribution is -0.166. The van der Waals surface area contributed by atoms with Crippen molar-refractivity contribution in [3.8, 4) is 0 Å². The van der Waals surface area contributed by atoms with Crippen LogP contribution < -0.4 is 5.32 Å². The molecule has 2 saturated carbocycles. The van der Waals surface area contributed by atoms with E-state index in [4.69, 9.17) is 4.74 Å². The van der Waals surface area contributed by atoms with Gasteiger partial charge in [0.1, 0.15) is 23.1 Å². The summed E-state index contributed by atoms with van der Waals surface area (Å²) in [4.78, 5) is 55.5. The Labute approximate surface area is 218 Å². The Bertz CT molecular complexity index is 925. The maximum Gasteiger partial charge on any atom is 0.330 e. The van der Waals surface area contributed by atoms with Crippen molar-refractivity contribution in [2.45, 2.75) is 88.6 Å². The third-order valence-corrected chi connectivity index (χ3v) is 7.22. The molecule has 1 saturated heterocycles. The quantitative estimate of drug-likeness (QED) is 0.144. The van der Waals surface area contributed by atoms with Crippen LogP contribution in [0.1, 0.15) is 59.3 Å². The Morgan fingerprint density at radius 3 is 2.43 bits per heavy atom. The van der Waals surface area contributed by atoms with Crippen LogP contribution in [0.15, 0.2) is 25.3 Å². The van der Waals surface area contributed by atoms with Crippen molar-refractivity contribution >= 4 is 23.8 Å². The molecule has 37 heavy (non-hydrogen) atoms. The predicted molar refractivity (Wildman–Crippen MR) is 136 cm³/mol. The predicted octanol–water partition coefficient (Wildman–Crippen LogP) is 1.48. The lowest BCUT2D eigenvalue weighted by Crippen LogP contribution is -2.55. The van der Waals surface area contributed by atoms with Gasteiger partial charge in [-0.15, -0.1) is 13.2 Å². The number of aliphatic hydroxyl groups excluding tert-OH is 1. The number of unbranched alkanes of at least 4 members (excludes halogenated alkanes) is 1. The van der Waals surface area contributed by atoms with E-state index in [0.717, 1.165) is 25.7 Å². The molecule has 10 nitrogen and oxygen atoms in total. The van der Waals surface area contributed by atoms with Crippen LogP contribution in [-0.4, -0.2) is 92.7 Å². The van der Waals surface area contributed by atoms with E-state index in [0.29, 0.717) is 6.54 Å². The van der Waals surface area contributed by atoms with Gasteiger partial charge in [-0.3, -0.25) is 19.3 Å². The minimum Gasteiger partial charge on any atom is -0.479 e. The number of nitrogens with one attached hydrogen (secondary N) is 1. The number of aliphatic hydroxyl groups is 1. The van der Waals surface area contributed by atoms with Gasteiger partial charge in [0.05, 0.1) is 6.10 Å². The average Bonchev–Trinajstić information content (AvgIpc) is 3.72. The third kappa shape index (κ3) is 6.98. The molecule has 0 aromatic heterocycles. The number of carbonyl (C=O) groups excluding carboxylic acids is 3. The minimum absolute atomic E-state index is 0.0429. The van der Waals surface area contributed by atoms with Crippen molar-refractivity contribution in [1.82, 2.24) is 15.1 Å². The fourth-order valence-corrected chi connectivity index (χ4v) is 4.99. The normalized spacial score (nSPS) is 27.9. The second-order valence-electron chi connectivity index (χ2n) is 11.5. The van der Waals surface area contributed by atoms with E-state index in [1.54, 1.807) is 20.8 Å². The van der Waals surface area contributed by atoms with Gasteiger partial charge in [0.2, 0.25) is 11.8 Å². The molecule has 1 aliphatic heterocycles. The molecule has 5 atom stereocenters. The first-order valence-corrected chi connectivity index (χ1v) is 13.1. The van der Waals surface area contributed by atoms with Gasteiger partial charge >= 0.3 is 11.9 Å². The van der Waals surface area contributed by atoms with Gasteiger partial charge in [-0.2, -0.15) is 0 Å². The van der Waals surface area contributed by atoms with Gasteiger partial charge in [-0.25, -0.2) is 4.79 Å². The molecule has 2 unspecified atom stereocenters. The molecule has 3 fully saturated rings.